The van der Waals surface area contributed by atoms with E-state index in [0.717, 1.165) is 5.56 Å². The quantitative estimate of drug-likeness (QED) is 0.911. The molecule has 0 aliphatic heterocycles. The summed E-state index contributed by atoms with van der Waals surface area (Å²) in [6.45, 7) is 2.55. The molecule has 0 saturated heterocycles. The van der Waals surface area contributed by atoms with Crippen LogP contribution in [0.4, 0.5) is 5.95 Å². The second-order valence-corrected chi connectivity index (χ2v) is 4.38. The van der Waals surface area contributed by atoms with Crippen molar-refractivity contribution < 1.29 is 4.74 Å². The Morgan fingerprint density at radius 3 is 2.63 bits per heavy atom. The molecular weight excluding hydrogens is 264 g/mol. The van der Waals surface area contributed by atoms with E-state index in [1.165, 1.54) is 0 Å². The lowest BCUT2D eigenvalue weighted by atomic mass is 10.2. The van der Waals surface area contributed by atoms with Crippen LogP contribution in [0.1, 0.15) is 6.92 Å². The number of anilines is 1. The first-order chi connectivity index (χ1) is 9.19. The number of hydrogen-bond donors (Lipinski definition) is 1. The highest BCUT2D eigenvalue weighted by molar-refractivity contribution is 6.28. The second-order valence-electron chi connectivity index (χ2n) is 4.04. The van der Waals surface area contributed by atoms with Crippen molar-refractivity contribution in [2.24, 2.45) is 0 Å². The van der Waals surface area contributed by atoms with Crippen molar-refractivity contribution in [3.8, 4) is 11.4 Å². The summed E-state index contributed by atoms with van der Waals surface area (Å²) in [6, 6.07) is 9.63. The number of nitrogens with zero attached hydrogens (tertiary/aromatic N) is 3. The molecule has 1 N–H and O–H groups in total. The summed E-state index contributed by atoms with van der Waals surface area (Å²) in [5.74, 6) is 0.996. The van der Waals surface area contributed by atoms with E-state index in [4.69, 9.17) is 16.3 Å². The van der Waals surface area contributed by atoms with Gasteiger partial charge in [-0.3, -0.25) is 0 Å². The zero-order valence-electron chi connectivity index (χ0n) is 10.8. The first kappa shape index (κ1) is 13.7. The van der Waals surface area contributed by atoms with Crippen LogP contribution in [-0.4, -0.2) is 34.7 Å². The van der Waals surface area contributed by atoms with Crippen LogP contribution in [0.25, 0.3) is 11.4 Å². The van der Waals surface area contributed by atoms with E-state index in [-0.39, 0.29) is 11.4 Å². The molecule has 1 unspecified atom stereocenters. The Hall–Kier alpha value is -1.72. The van der Waals surface area contributed by atoms with Gasteiger partial charge in [-0.05, 0) is 18.5 Å². The van der Waals surface area contributed by atoms with E-state index in [0.29, 0.717) is 18.3 Å². The van der Waals surface area contributed by atoms with Crippen molar-refractivity contribution in [3.05, 3.63) is 35.6 Å². The van der Waals surface area contributed by atoms with E-state index < -0.39 is 0 Å². The van der Waals surface area contributed by atoms with Crippen LogP contribution in [-0.2, 0) is 4.74 Å². The molecule has 100 valence electrons. The molecular formula is C13H15ClN4O. The highest BCUT2D eigenvalue weighted by atomic mass is 35.5. The van der Waals surface area contributed by atoms with Gasteiger partial charge in [0.1, 0.15) is 0 Å². The Balaban J connectivity index is 2.20. The predicted octanol–water partition coefficient (Wildman–Crippen LogP) is 2.64. The third-order valence-corrected chi connectivity index (χ3v) is 2.76. The summed E-state index contributed by atoms with van der Waals surface area (Å²) in [5.41, 5.74) is 0.898. The Morgan fingerprint density at radius 2 is 1.95 bits per heavy atom. The van der Waals surface area contributed by atoms with Gasteiger partial charge in [-0.2, -0.15) is 15.0 Å². The minimum Gasteiger partial charge on any atom is -0.380 e. The van der Waals surface area contributed by atoms with Crippen molar-refractivity contribution in [2.45, 2.75) is 13.0 Å². The van der Waals surface area contributed by atoms with Crippen LogP contribution >= 0.6 is 11.6 Å². The SMILES string of the molecule is COC(C)CNc1nc(Cl)nc(-c2ccccc2)n1. The fourth-order valence-corrected chi connectivity index (χ4v) is 1.62. The molecule has 1 aromatic carbocycles. The van der Waals surface area contributed by atoms with E-state index in [2.05, 4.69) is 20.3 Å². The summed E-state index contributed by atoms with van der Waals surface area (Å²) in [6.07, 6.45) is 0.0655. The summed E-state index contributed by atoms with van der Waals surface area (Å²) >= 11 is 5.92. The van der Waals surface area contributed by atoms with Crippen molar-refractivity contribution in [1.29, 1.82) is 0 Å². The molecule has 6 heteroatoms. The number of halogens is 1. The molecule has 1 aromatic heterocycles. The molecule has 0 aliphatic carbocycles. The lowest BCUT2D eigenvalue weighted by molar-refractivity contribution is 0.128. The van der Waals surface area contributed by atoms with Gasteiger partial charge in [0, 0.05) is 19.2 Å². The summed E-state index contributed by atoms with van der Waals surface area (Å²) in [4.78, 5) is 12.5. The number of hydrogen-bond acceptors (Lipinski definition) is 5. The predicted molar refractivity (Wildman–Crippen MR) is 75.2 cm³/mol. The maximum Gasteiger partial charge on any atom is 0.227 e. The molecule has 0 saturated carbocycles. The first-order valence-corrected chi connectivity index (χ1v) is 6.30. The summed E-state index contributed by atoms with van der Waals surface area (Å²) in [7, 11) is 1.65. The molecule has 1 heterocycles. The second kappa shape index (κ2) is 6.45. The number of nitrogens with one attached hydrogen (secondary N) is 1. The topological polar surface area (TPSA) is 59.9 Å². The third-order valence-electron chi connectivity index (χ3n) is 2.59. The molecule has 0 fully saturated rings. The van der Waals surface area contributed by atoms with Gasteiger partial charge in [-0.1, -0.05) is 30.3 Å². The van der Waals surface area contributed by atoms with Crippen molar-refractivity contribution in [3.63, 3.8) is 0 Å². The molecule has 0 bridgehead atoms. The van der Waals surface area contributed by atoms with Crippen molar-refractivity contribution in [1.82, 2.24) is 15.0 Å². The van der Waals surface area contributed by atoms with Gasteiger partial charge in [-0.25, -0.2) is 0 Å². The van der Waals surface area contributed by atoms with Crippen LogP contribution in [0.2, 0.25) is 5.28 Å². The van der Waals surface area contributed by atoms with Crippen molar-refractivity contribution >= 4 is 17.5 Å². The summed E-state index contributed by atoms with van der Waals surface area (Å²) in [5, 5.41) is 3.24. The van der Waals surface area contributed by atoms with Crippen LogP contribution in [0, 0.1) is 0 Å². The number of ether oxygens (including phenoxy) is 1. The van der Waals surface area contributed by atoms with Crippen molar-refractivity contribution in [2.75, 3.05) is 19.0 Å². The number of benzene rings is 1. The normalized spacial score (nSPS) is 12.2. The highest BCUT2D eigenvalue weighted by Crippen LogP contribution is 2.17. The van der Waals surface area contributed by atoms with E-state index in [9.17, 15) is 0 Å². The van der Waals surface area contributed by atoms with Gasteiger partial charge >= 0.3 is 0 Å². The largest absolute Gasteiger partial charge is 0.380 e. The standard InChI is InChI=1S/C13H15ClN4O/c1-9(19-2)8-15-13-17-11(16-12(14)18-13)10-6-4-3-5-7-10/h3-7,9H,8H2,1-2H3,(H,15,16,17,18). The molecule has 0 aliphatic rings. The number of rotatable bonds is 5. The fourth-order valence-electron chi connectivity index (χ4n) is 1.46. The van der Waals surface area contributed by atoms with Crippen LogP contribution in [0.15, 0.2) is 30.3 Å². The minimum absolute atomic E-state index is 0.0655. The van der Waals surface area contributed by atoms with Gasteiger partial charge in [0.15, 0.2) is 5.82 Å². The number of aromatic nitrogens is 3. The van der Waals surface area contributed by atoms with Gasteiger partial charge < -0.3 is 10.1 Å². The highest BCUT2D eigenvalue weighted by Gasteiger charge is 2.07. The van der Waals surface area contributed by atoms with Gasteiger partial charge in [-0.15, -0.1) is 0 Å². The lowest BCUT2D eigenvalue weighted by Crippen LogP contribution is -2.19. The zero-order chi connectivity index (χ0) is 13.7. The first-order valence-electron chi connectivity index (χ1n) is 5.92. The molecule has 1 atom stereocenters. The molecule has 19 heavy (non-hydrogen) atoms. The fraction of sp³-hybridized carbons (Fsp3) is 0.308. The maximum atomic E-state index is 5.92. The van der Waals surface area contributed by atoms with Crippen LogP contribution in [0.3, 0.4) is 0 Å². The van der Waals surface area contributed by atoms with E-state index in [1.54, 1.807) is 7.11 Å². The molecule has 5 nitrogen and oxygen atoms in total. The average molecular weight is 279 g/mol. The molecule has 2 rings (SSSR count). The van der Waals surface area contributed by atoms with Crippen LogP contribution in [0.5, 0.6) is 0 Å². The summed E-state index contributed by atoms with van der Waals surface area (Å²) < 4.78 is 5.15. The van der Waals surface area contributed by atoms with Crippen LogP contribution < -0.4 is 5.32 Å². The Morgan fingerprint density at radius 1 is 1.21 bits per heavy atom. The smallest absolute Gasteiger partial charge is 0.227 e. The van der Waals surface area contributed by atoms with E-state index in [1.807, 2.05) is 37.3 Å². The van der Waals surface area contributed by atoms with E-state index >= 15 is 0 Å². The third kappa shape index (κ3) is 3.87. The molecule has 2 aromatic rings. The molecule has 0 radical (unpaired) electrons. The zero-order valence-corrected chi connectivity index (χ0v) is 11.6. The van der Waals surface area contributed by atoms with Gasteiger partial charge in [0.2, 0.25) is 11.2 Å². The Kier molecular flexibility index (Phi) is 4.65. The van der Waals surface area contributed by atoms with Gasteiger partial charge in [0.25, 0.3) is 0 Å². The Labute approximate surface area is 117 Å². The maximum absolute atomic E-state index is 5.92. The Bertz CT molecular complexity index is 535. The van der Waals surface area contributed by atoms with Gasteiger partial charge in [0.05, 0.1) is 6.10 Å². The lowest BCUT2D eigenvalue weighted by Gasteiger charge is -2.11. The minimum atomic E-state index is 0.0655. The monoisotopic (exact) mass is 278 g/mol. The molecule has 0 amide bonds. The average Bonchev–Trinajstić information content (AvgIpc) is 2.45. The number of methoxy groups -OCH3 is 1. The molecule has 0 spiro atoms.